The van der Waals surface area contributed by atoms with Crippen LogP contribution >= 0.6 is 0 Å². The van der Waals surface area contributed by atoms with Crippen LogP contribution in [-0.2, 0) is 4.74 Å². The van der Waals surface area contributed by atoms with Gasteiger partial charge in [0.2, 0.25) is 0 Å². The standard InChI is InChI=1S/C12H23NO/c1-3-5-7-11(6-4-2)12-10-13-8-9-14-12/h6,12-13H,3-5,7-10H2,1-2H3. The molecule has 0 aromatic carbocycles. The lowest BCUT2D eigenvalue weighted by atomic mass is 10.0. The van der Waals surface area contributed by atoms with E-state index in [4.69, 9.17) is 4.74 Å². The Bertz CT molecular complexity index is 171. The largest absolute Gasteiger partial charge is 0.371 e. The zero-order valence-electron chi connectivity index (χ0n) is 9.51. The van der Waals surface area contributed by atoms with Crippen molar-refractivity contribution in [3.05, 3.63) is 11.6 Å². The maximum Gasteiger partial charge on any atom is 0.0909 e. The number of ether oxygens (including phenoxy) is 1. The average Bonchev–Trinajstić information content (AvgIpc) is 2.25. The molecule has 1 N–H and O–H groups in total. The summed E-state index contributed by atoms with van der Waals surface area (Å²) in [5.74, 6) is 0. The third-order valence-electron chi connectivity index (χ3n) is 2.63. The Labute approximate surface area is 87.7 Å². The Morgan fingerprint density at radius 1 is 1.50 bits per heavy atom. The molecule has 0 aromatic heterocycles. The molecule has 82 valence electrons. The zero-order chi connectivity index (χ0) is 10.2. The second kappa shape index (κ2) is 7.02. The summed E-state index contributed by atoms with van der Waals surface area (Å²) in [6.45, 7) is 7.29. The minimum Gasteiger partial charge on any atom is -0.371 e. The second-order valence-corrected chi connectivity index (χ2v) is 3.85. The van der Waals surface area contributed by atoms with Crippen LogP contribution in [0, 0.1) is 0 Å². The maximum absolute atomic E-state index is 5.76. The highest BCUT2D eigenvalue weighted by Crippen LogP contribution is 2.16. The van der Waals surface area contributed by atoms with Crippen LogP contribution in [0.15, 0.2) is 11.6 Å². The van der Waals surface area contributed by atoms with Gasteiger partial charge in [-0.05, 0) is 24.8 Å². The van der Waals surface area contributed by atoms with Crippen LogP contribution < -0.4 is 5.32 Å². The highest BCUT2D eigenvalue weighted by Gasteiger charge is 2.16. The molecule has 0 amide bonds. The van der Waals surface area contributed by atoms with Crippen LogP contribution in [0.5, 0.6) is 0 Å². The molecule has 1 fully saturated rings. The Hall–Kier alpha value is -0.340. The molecule has 1 atom stereocenters. The minimum absolute atomic E-state index is 0.343. The van der Waals surface area contributed by atoms with E-state index < -0.39 is 0 Å². The summed E-state index contributed by atoms with van der Waals surface area (Å²) in [6, 6.07) is 0. The number of hydrogen-bond donors (Lipinski definition) is 1. The highest BCUT2D eigenvalue weighted by atomic mass is 16.5. The fraction of sp³-hybridized carbons (Fsp3) is 0.833. The molecule has 0 aromatic rings. The molecule has 0 spiro atoms. The van der Waals surface area contributed by atoms with Crippen molar-refractivity contribution >= 4 is 0 Å². The summed E-state index contributed by atoms with van der Waals surface area (Å²) in [6.07, 6.45) is 7.56. The summed E-state index contributed by atoms with van der Waals surface area (Å²) >= 11 is 0. The van der Waals surface area contributed by atoms with Gasteiger partial charge in [-0.1, -0.05) is 26.3 Å². The Kier molecular flexibility index (Phi) is 5.88. The van der Waals surface area contributed by atoms with Gasteiger partial charge in [-0.25, -0.2) is 0 Å². The van der Waals surface area contributed by atoms with Gasteiger partial charge in [-0.2, -0.15) is 0 Å². The van der Waals surface area contributed by atoms with E-state index in [9.17, 15) is 0 Å². The number of rotatable bonds is 5. The van der Waals surface area contributed by atoms with Crippen molar-refractivity contribution in [3.63, 3.8) is 0 Å². The van der Waals surface area contributed by atoms with E-state index >= 15 is 0 Å². The molecular formula is C12H23NO. The van der Waals surface area contributed by atoms with E-state index in [-0.39, 0.29) is 0 Å². The summed E-state index contributed by atoms with van der Waals surface area (Å²) in [7, 11) is 0. The summed E-state index contributed by atoms with van der Waals surface area (Å²) in [4.78, 5) is 0. The fourth-order valence-corrected chi connectivity index (χ4v) is 1.84. The van der Waals surface area contributed by atoms with Gasteiger partial charge < -0.3 is 10.1 Å². The molecule has 1 aliphatic heterocycles. The first-order valence-electron chi connectivity index (χ1n) is 5.89. The molecular weight excluding hydrogens is 174 g/mol. The molecule has 1 heterocycles. The molecule has 0 radical (unpaired) electrons. The lowest BCUT2D eigenvalue weighted by Gasteiger charge is -2.26. The van der Waals surface area contributed by atoms with Crippen LogP contribution in [0.1, 0.15) is 39.5 Å². The molecule has 0 aliphatic carbocycles. The number of morpholine rings is 1. The molecule has 2 heteroatoms. The number of nitrogens with one attached hydrogen (secondary N) is 1. The normalized spacial score (nSPS) is 23.9. The monoisotopic (exact) mass is 197 g/mol. The molecule has 1 aliphatic rings. The van der Waals surface area contributed by atoms with Crippen LogP contribution in [0.25, 0.3) is 0 Å². The van der Waals surface area contributed by atoms with Gasteiger partial charge in [0, 0.05) is 13.1 Å². The average molecular weight is 197 g/mol. The van der Waals surface area contributed by atoms with Crippen molar-refractivity contribution in [1.29, 1.82) is 0 Å². The molecule has 0 bridgehead atoms. The lowest BCUT2D eigenvalue weighted by Crippen LogP contribution is -2.39. The Morgan fingerprint density at radius 3 is 2.93 bits per heavy atom. The van der Waals surface area contributed by atoms with Gasteiger partial charge in [0.25, 0.3) is 0 Å². The van der Waals surface area contributed by atoms with Crippen molar-refractivity contribution in [2.24, 2.45) is 0 Å². The summed E-state index contributed by atoms with van der Waals surface area (Å²) in [5.41, 5.74) is 1.50. The third kappa shape index (κ3) is 3.81. The third-order valence-corrected chi connectivity index (χ3v) is 2.63. The fourth-order valence-electron chi connectivity index (χ4n) is 1.84. The highest BCUT2D eigenvalue weighted by molar-refractivity contribution is 5.09. The lowest BCUT2D eigenvalue weighted by molar-refractivity contribution is 0.0494. The van der Waals surface area contributed by atoms with Crippen LogP contribution in [0.2, 0.25) is 0 Å². The smallest absolute Gasteiger partial charge is 0.0909 e. The quantitative estimate of drug-likeness (QED) is 0.684. The molecule has 14 heavy (non-hydrogen) atoms. The summed E-state index contributed by atoms with van der Waals surface area (Å²) < 4.78 is 5.76. The van der Waals surface area contributed by atoms with E-state index in [0.717, 1.165) is 26.1 Å². The van der Waals surface area contributed by atoms with Crippen molar-refractivity contribution in [2.45, 2.75) is 45.6 Å². The van der Waals surface area contributed by atoms with Crippen LogP contribution in [0.4, 0.5) is 0 Å². The van der Waals surface area contributed by atoms with Crippen molar-refractivity contribution in [1.82, 2.24) is 5.32 Å². The minimum atomic E-state index is 0.343. The molecule has 1 rings (SSSR count). The summed E-state index contributed by atoms with van der Waals surface area (Å²) in [5, 5.41) is 3.38. The van der Waals surface area contributed by atoms with Crippen LogP contribution in [0.3, 0.4) is 0 Å². The van der Waals surface area contributed by atoms with Gasteiger partial charge in [-0.15, -0.1) is 0 Å². The van der Waals surface area contributed by atoms with E-state index in [1.807, 2.05) is 0 Å². The number of unbranched alkanes of at least 4 members (excludes halogenated alkanes) is 1. The van der Waals surface area contributed by atoms with Gasteiger partial charge in [0.15, 0.2) is 0 Å². The van der Waals surface area contributed by atoms with Gasteiger partial charge in [0.05, 0.1) is 12.7 Å². The van der Waals surface area contributed by atoms with Crippen molar-refractivity contribution < 1.29 is 4.74 Å². The van der Waals surface area contributed by atoms with Gasteiger partial charge >= 0.3 is 0 Å². The van der Waals surface area contributed by atoms with E-state index in [1.165, 1.54) is 24.8 Å². The SMILES string of the molecule is CCC=C(CCCC)C1CNCCO1. The first-order valence-corrected chi connectivity index (χ1v) is 5.89. The maximum atomic E-state index is 5.76. The topological polar surface area (TPSA) is 21.3 Å². The van der Waals surface area contributed by atoms with Crippen LogP contribution in [-0.4, -0.2) is 25.8 Å². The number of allylic oxidation sites excluding steroid dienone is 1. The van der Waals surface area contributed by atoms with E-state index in [0.29, 0.717) is 6.10 Å². The van der Waals surface area contributed by atoms with Crippen molar-refractivity contribution in [3.8, 4) is 0 Å². The molecule has 1 saturated heterocycles. The van der Waals surface area contributed by atoms with E-state index in [1.54, 1.807) is 0 Å². The van der Waals surface area contributed by atoms with Gasteiger partial charge in [-0.3, -0.25) is 0 Å². The Balaban J connectivity index is 2.43. The zero-order valence-corrected chi connectivity index (χ0v) is 9.51. The van der Waals surface area contributed by atoms with Gasteiger partial charge in [0.1, 0.15) is 0 Å². The molecule has 2 nitrogen and oxygen atoms in total. The predicted molar refractivity (Wildman–Crippen MR) is 60.5 cm³/mol. The second-order valence-electron chi connectivity index (χ2n) is 3.85. The first kappa shape index (κ1) is 11.7. The Morgan fingerprint density at radius 2 is 2.36 bits per heavy atom. The predicted octanol–water partition coefficient (Wildman–Crippen LogP) is 2.50. The first-order chi connectivity index (χ1) is 6.88. The van der Waals surface area contributed by atoms with E-state index in [2.05, 4.69) is 25.2 Å². The molecule has 0 saturated carbocycles. The van der Waals surface area contributed by atoms with Crippen molar-refractivity contribution in [2.75, 3.05) is 19.7 Å². The number of hydrogen-bond acceptors (Lipinski definition) is 2. The molecule has 1 unspecified atom stereocenters.